The van der Waals surface area contributed by atoms with Gasteiger partial charge in [0.05, 0.1) is 5.92 Å². The van der Waals surface area contributed by atoms with Gasteiger partial charge in [-0.1, -0.05) is 43.3 Å². The Kier molecular flexibility index (Phi) is 5.33. The fourth-order valence-corrected chi connectivity index (χ4v) is 1.82. The zero-order valence-corrected chi connectivity index (χ0v) is 11.9. The third-order valence-electron chi connectivity index (χ3n) is 3.25. The number of hydrogen-bond donors (Lipinski definition) is 2. The molecular weight excluding hydrogens is 260 g/mol. The largest absolute Gasteiger partial charge is 0.327 e. The second kappa shape index (κ2) is 6.55. The smallest absolute Gasteiger partial charge is 0.228 e. The molecule has 2 unspecified atom stereocenters. The van der Waals surface area contributed by atoms with E-state index < -0.39 is 0 Å². The van der Waals surface area contributed by atoms with E-state index in [9.17, 15) is 4.79 Å². The molecule has 0 radical (unpaired) electrons. The van der Waals surface area contributed by atoms with E-state index in [-0.39, 0.29) is 30.3 Å². The van der Waals surface area contributed by atoms with Crippen molar-refractivity contribution in [3.8, 4) is 0 Å². The van der Waals surface area contributed by atoms with E-state index in [4.69, 9.17) is 5.73 Å². The topological polar surface area (TPSA) is 55.1 Å². The van der Waals surface area contributed by atoms with Crippen molar-refractivity contribution in [3.63, 3.8) is 0 Å². The SMILES string of the molecule is CC(N)C(C)C(=O)Nc1cccc2ccccc12.Cl. The third kappa shape index (κ3) is 3.46. The zero-order valence-electron chi connectivity index (χ0n) is 11.1. The van der Waals surface area contributed by atoms with E-state index in [1.165, 1.54) is 0 Å². The lowest BCUT2D eigenvalue weighted by Gasteiger charge is -2.16. The van der Waals surface area contributed by atoms with Crippen molar-refractivity contribution >= 4 is 34.8 Å². The predicted molar refractivity (Wildman–Crippen MR) is 82.6 cm³/mol. The lowest BCUT2D eigenvalue weighted by Crippen LogP contribution is -2.34. The fraction of sp³-hybridized carbons (Fsp3) is 0.267. The summed E-state index contributed by atoms with van der Waals surface area (Å²) in [6, 6.07) is 13.7. The normalized spacial score (nSPS) is 13.4. The van der Waals surface area contributed by atoms with Crippen LogP contribution in [-0.2, 0) is 4.79 Å². The minimum atomic E-state index is -0.205. The minimum absolute atomic E-state index is 0. The standard InChI is InChI=1S/C15H18N2O.ClH/c1-10(11(2)16)15(18)17-14-9-5-7-12-6-3-4-8-13(12)14;/h3-11H,16H2,1-2H3,(H,17,18);1H. The molecule has 0 bridgehead atoms. The summed E-state index contributed by atoms with van der Waals surface area (Å²) in [6.45, 7) is 3.68. The van der Waals surface area contributed by atoms with Crippen LogP contribution in [0.4, 0.5) is 5.69 Å². The van der Waals surface area contributed by atoms with Gasteiger partial charge in [-0.25, -0.2) is 0 Å². The second-order valence-electron chi connectivity index (χ2n) is 4.66. The monoisotopic (exact) mass is 278 g/mol. The van der Waals surface area contributed by atoms with Gasteiger partial charge in [-0.2, -0.15) is 0 Å². The summed E-state index contributed by atoms with van der Waals surface area (Å²) >= 11 is 0. The molecule has 19 heavy (non-hydrogen) atoms. The van der Waals surface area contributed by atoms with Crippen molar-refractivity contribution in [2.24, 2.45) is 11.7 Å². The minimum Gasteiger partial charge on any atom is -0.327 e. The maximum absolute atomic E-state index is 12.0. The number of anilines is 1. The first-order chi connectivity index (χ1) is 8.59. The van der Waals surface area contributed by atoms with Gasteiger partial charge in [0.25, 0.3) is 0 Å². The van der Waals surface area contributed by atoms with Crippen LogP contribution in [0.5, 0.6) is 0 Å². The van der Waals surface area contributed by atoms with Gasteiger partial charge < -0.3 is 11.1 Å². The molecule has 0 aliphatic carbocycles. The van der Waals surface area contributed by atoms with E-state index >= 15 is 0 Å². The molecule has 0 saturated carbocycles. The average molecular weight is 279 g/mol. The van der Waals surface area contributed by atoms with Crippen LogP contribution in [0, 0.1) is 5.92 Å². The van der Waals surface area contributed by atoms with E-state index in [2.05, 4.69) is 5.32 Å². The van der Waals surface area contributed by atoms with Crippen molar-refractivity contribution in [2.75, 3.05) is 5.32 Å². The molecule has 4 heteroatoms. The Bertz CT molecular complexity index is 564. The van der Waals surface area contributed by atoms with E-state index in [0.717, 1.165) is 16.5 Å². The summed E-state index contributed by atoms with van der Waals surface area (Å²) < 4.78 is 0. The Hall–Kier alpha value is -1.58. The molecule has 0 saturated heterocycles. The number of halogens is 1. The van der Waals surface area contributed by atoms with Crippen LogP contribution in [0.3, 0.4) is 0 Å². The fourth-order valence-electron chi connectivity index (χ4n) is 1.82. The molecule has 102 valence electrons. The van der Waals surface area contributed by atoms with Crippen LogP contribution in [0.1, 0.15) is 13.8 Å². The Morgan fingerprint density at radius 2 is 1.74 bits per heavy atom. The first kappa shape index (κ1) is 15.5. The molecule has 3 N–H and O–H groups in total. The molecule has 0 fully saturated rings. The van der Waals surface area contributed by atoms with E-state index in [1.807, 2.05) is 56.3 Å². The number of rotatable bonds is 3. The van der Waals surface area contributed by atoms with Crippen molar-refractivity contribution in [1.82, 2.24) is 0 Å². The first-order valence-corrected chi connectivity index (χ1v) is 6.14. The molecule has 0 aliphatic rings. The maximum atomic E-state index is 12.0. The highest BCUT2D eigenvalue weighted by Crippen LogP contribution is 2.23. The first-order valence-electron chi connectivity index (χ1n) is 6.14. The molecule has 2 aromatic rings. The summed E-state index contributed by atoms with van der Waals surface area (Å²) in [5, 5.41) is 5.11. The second-order valence-corrected chi connectivity index (χ2v) is 4.66. The van der Waals surface area contributed by atoms with Crippen LogP contribution >= 0.6 is 12.4 Å². The van der Waals surface area contributed by atoms with Crippen molar-refractivity contribution in [2.45, 2.75) is 19.9 Å². The number of benzene rings is 2. The summed E-state index contributed by atoms with van der Waals surface area (Å²) in [4.78, 5) is 12.0. The highest BCUT2D eigenvalue weighted by molar-refractivity contribution is 6.02. The molecular formula is C15H19ClN2O. The molecule has 2 rings (SSSR count). The predicted octanol–water partition coefficient (Wildman–Crippen LogP) is 3.18. The Morgan fingerprint density at radius 1 is 1.11 bits per heavy atom. The number of hydrogen-bond acceptors (Lipinski definition) is 2. The third-order valence-corrected chi connectivity index (χ3v) is 3.25. The van der Waals surface area contributed by atoms with Gasteiger partial charge in [0, 0.05) is 17.1 Å². The summed E-state index contributed by atoms with van der Waals surface area (Å²) in [6.07, 6.45) is 0. The van der Waals surface area contributed by atoms with Crippen LogP contribution < -0.4 is 11.1 Å². The van der Waals surface area contributed by atoms with Gasteiger partial charge in [0.15, 0.2) is 0 Å². The molecule has 0 heterocycles. The lowest BCUT2D eigenvalue weighted by atomic mass is 10.0. The van der Waals surface area contributed by atoms with Gasteiger partial charge in [-0.05, 0) is 18.4 Å². The molecule has 1 amide bonds. The van der Waals surface area contributed by atoms with Gasteiger partial charge in [-0.3, -0.25) is 4.79 Å². The van der Waals surface area contributed by atoms with Crippen molar-refractivity contribution in [3.05, 3.63) is 42.5 Å². The Balaban J connectivity index is 0.00000180. The van der Waals surface area contributed by atoms with Crippen molar-refractivity contribution in [1.29, 1.82) is 0 Å². The van der Waals surface area contributed by atoms with E-state index in [1.54, 1.807) is 0 Å². The highest BCUT2D eigenvalue weighted by Gasteiger charge is 2.17. The molecule has 2 atom stereocenters. The molecule has 0 aromatic heterocycles. The van der Waals surface area contributed by atoms with Crippen LogP contribution in [-0.4, -0.2) is 11.9 Å². The van der Waals surface area contributed by atoms with Crippen LogP contribution in [0.2, 0.25) is 0 Å². The Morgan fingerprint density at radius 3 is 2.42 bits per heavy atom. The summed E-state index contributed by atoms with van der Waals surface area (Å²) in [5.74, 6) is -0.245. The van der Waals surface area contributed by atoms with E-state index in [0.29, 0.717) is 0 Å². The summed E-state index contributed by atoms with van der Waals surface area (Å²) in [7, 11) is 0. The average Bonchev–Trinajstić information content (AvgIpc) is 2.38. The number of nitrogens with one attached hydrogen (secondary N) is 1. The number of fused-ring (bicyclic) bond motifs is 1. The van der Waals surface area contributed by atoms with Gasteiger partial charge in [0.1, 0.15) is 0 Å². The number of amides is 1. The lowest BCUT2D eigenvalue weighted by molar-refractivity contribution is -0.119. The number of carbonyl (C=O) groups is 1. The van der Waals surface area contributed by atoms with Crippen LogP contribution in [0.15, 0.2) is 42.5 Å². The molecule has 2 aromatic carbocycles. The quantitative estimate of drug-likeness (QED) is 0.906. The number of carbonyl (C=O) groups excluding carboxylic acids is 1. The molecule has 0 spiro atoms. The number of nitrogens with two attached hydrogens (primary N) is 1. The molecule has 0 aliphatic heterocycles. The van der Waals surface area contributed by atoms with Gasteiger partial charge in [0.2, 0.25) is 5.91 Å². The summed E-state index contributed by atoms with van der Waals surface area (Å²) in [5.41, 5.74) is 6.58. The van der Waals surface area contributed by atoms with Crippen LogP contribution in [0.25, 0.3) is 10.8 Å². The van der Waals surface area contributed by atoms with Gasteiger partial charge >= 0.3 is 0 Å². The maximum Gasteiger partial charge on any atom is 0.228 e. The van der Waals surface area contributed by atoms with Crippen molar-refractivity contribution < 1.29 is 4.79 Å². The Labute approximate surface area is 119 Å². The zero-order chi connectivity index (χ0) is 13.1. The molecule has 3 nitrogen and oxygen atoms in total. The van der Waals surface area contributed by atoms with Gasteiger partial charge in [-0.15, -0.1) is 12.4 Å². The highest BCUT2D eigenvalue weighted by atomic mass is 35.5.